The predicted molar refractivity (Wildman–Crippen MR) is 141 cm³/mol. The van der Waals surface area contributed by atoms with Crippen LogP contribution in [0.3, 0.4) is 0 Å². The molecule has 0 bridgehead atoms. The molecule has 5 aromatic rings. The van der Waals surface area contributed by atoms with Crippen LogP contribution in [0.5, 0.6) is 5.88 Å². The maximum absolute atomic E-state index is 10.6. The van der Waals surface area contributed by atoms with Gasteiger partial charge in [-0.15, -0.1) is 0 Å². The molecule has 36 heavy (non-hydrogen) atoms. The molecule has 3 aromatic heterocycles. The van der Waals surface area contributed by atoms with E-state index in [1.54, 1.807) is 13.1 Å². The molecule has 0 saturated carbocycles. The number of pyridine rings is 1. The van der Waals surface area contributed by atoms with Crippen LogP contribution < -0.4 is 4.74 Å². The molecule has 2 unspecified atom stereocenters. The van der Waals surface area contributed by atoms with Crippen LogP contribution in [0.15, 0.2) is 73.3 Å². The SMILES string of the molecule is CC(O)c1ncn(C2CCCc3cc(Cl)ccc32)c1-c1c[nH]c2cnc(OCc3ccccc3)cc12. The topological polar surface area (TPSA) is 76.0 Å². The lowest BCUT2D eigenvalue weighted by Crippen LogP contribution is -2.18. The van der Waals surface area contributed by atoms with Crippen LogP contribution in [0.25, 0.3) is 22.2 Å². The van der Waals surface area contributed by atoms with Crippen LogP contribution >= 0.6 is 11.6 Å². The van der Waals surface area contributed by atoms with Crippen molar-refractivity contribution in [2.24, 2.45) is 0 Å². The van der Waals surface area contributed by atoms with E-state index in [0.29, 0.717) is 18.2 Å². The fraction of sp³-hybridized carbons (Fsp3) is 0.241. The van der Waals surface area contributed by atoms with Gasteiger partial charge in [-0.2, -0.15) is 0 Å². The van der Waals surface area contributed by atoms with Crippen molar-refractivity contribution in [2.45, 2.75) is 44.9 Å². The molecule has 7 heteroatoms. The molecule has 182 valence electrons. The summed E-state index contributed by atoms with van der Waals surface area (Å²) in [4.78, 5) is 12.5. The molecule has 2 N–H and O–H groups in total. The smallest absolute Gasteiger partial charge is 0.214 e. The minimum absolute atomic E-state index is 0.113. The number of rotatable bonds is 6. The third kappa shape index (κ3) is 4.16. The molecular formula is C29H27ClN4O2. The zero-order chi connectivity index (χ0) is 24.6. The third-order valence-electron chi connectivity index (χ3n) is 6.97. The van der Waals surface area contributed by atoms with E-state index in [1.165, 1.54) is 11.1 Å². The molecule has 0 spiro atoms. The van der Waals surface area contributed by atoms with E-state index in [9.17, 15) is 5.11 Å². The fourth-order valence-corrected chi connectivity index (χ4v) is 5.44. The lowest BCUT2D eigenvalue weighted by atomic mass is 9.87. The van der Waals surface area contributed by atoms with Crippen LogP contribution in [0.2, 0.25) is 5.02 Å². The summed E-state index contributed by atoms with van der Waals surface area (Å²) in [6, 6.07) is 18.3. The number of hydrogen-bond donors (Lipinski definition) is 2. The van der Waals surface area contributed by atoms with Crippen molar-refractivity contribution >= 4 is 22.5 Å². The maximum Gasteiger partial charge on any atom is 0.214 e. The number of nitrogens with one attached hydrogen (secondary N) is 1. The zero-order valence-corrected chi connectivity index (χ0v) is 20.7. The largest absolute Gasteiger partial charge is 0.473 e. The number of benzene rings is 2. The van der Waals surface area contributed by atoms with Crippen LogP contribution in [0, 0.1) is 0 Å². The van der Waals surface area contributed by atoms with Gasteiger partial charge in [0.25, 0.3) is 0 Å². The number of halogens is 1. The van der Waals surface area contributed by atoms with Crippen molar-refractivity contribution in [3.05, 3.63) is 101 Å². The highest BCUT2D eigenvalue weighted by molar-refractivity contribution is 6.30. The number of nitrogens with zero attached hydrogens (tertiary/aromatic N) is 3. The molecule has 2 aromatic carbocycles. The first-order valence-electron chi connectivity index (χ1n) is 12.3. The summed E-state index contributed by atoms with van der Waals surface area (Å²) in [5.41, 5.74) is 7.04. The number of aliphatic hydroxyl groups is 1. The Bertz CT molecular complexity index is 1520. The second kappa shape index (κ2) is 9.45. The molecule has 6 rings (SSSR count). The Kier molecular flexibility index (Phi) is 5.99. The molecule has 3 heterocycles. The Balaban J connectivity index is 1.43. The Morgan fingerprint density at radius 3 is 2.86 bits per heavy atom. The van der Waals surface area contributed by atoms with E-state index in [1.807, 2.05) is 55.0 Å². The highest BCUT2D eigenvalue weighted by Gasteiger charge is 2.28. The first-order valence-corrected chi connectivity index (χ1v) is 12.6. The monoisotopic (exact) mass is 498 g/mol. The Morgan fingerprint density at radius 1 is 1.17 bits per heavy atom. The van der Waals surface area contributed by atoms with Gasteiger partial charge in [-0.25, -0.2) is 9.97 Å². The minimum Gasteiger partial charge on any atom is -0.473 e. The summed E-state index contributed by atoms with van der Waals surface area (Å²) >= 11 is 6.30. The molecule has 0 radical (unpaired) electrons. The summed E-state index contributed by atoms with van der Waals surface area (Å²) in [5.74, 6) is 0.550. The highest BCUT2D eigenvalue weighted by Crippen LogP contribution is 2.41. The Labute approximate surface area is 214 Å². The molecule has 6 nitrogen and oxygen atoms in total. The number of hydrogen-bond acceptors (Lipinski definition) is 4. The van der Waals surface area contributed by atoms with Gasteiger partial charge in [0.05, 0.1) is 41.6 Å². The van der Waals surface area contributed by atoms with Gasteiger partial charge in [0, 0.05) is 28.2 Å². The number of aliphatic hydroxyl groups excluding tert-OH is 1. The van der Waals surface area contributed by atoms with Gasteiger partial charge in [0.15, 0.2) is 0 Å². The molecule has 1 aliphatic carbocycles. The number of aromatic amines is 1. The standard InChI is InChI=1S/C29H27ClN4O2/c1-18(35)28-29(34(17-33-28)26-9-5-8-20-12-21(30)10-11-22(20)26)24-14-31-25-15-32-27(13-23(24)25)36-16-19-6-3-2-4-7-19/h2-4,6-7,10-15,17-18,26,31,35H,5,8-9,16H2,1H3. The van der Waals surface area contributed by atoms with E-state index in [4.69, 9.17) is 16.3 Å². The van der Waals surface area contributed by atoms with Crippen LogP contribution in [0.4, 0.5) is 0 Å². The van der Waals surface area contributed by atoms with Gasteiger partial charge < -0.3 is 19.4 Å². The van der Waals surface area contributed by atoms with Gasteiger partial charge in [-0.1, -0.05) is 48.0 Å². The average molecular weight is 499 g/mol. The van der Waals surface area contributed by atoms with Crippen molar-refractivity contribution in [3.63, 3.8) is 0 Å². The second-order valence-electron chi connectivity index (χ2n) is 9.36. The molecule has 0 amide bonds. The fourth-order valence-electron chi connectivity index (χ4n) is 5.25. The van der Waals surface area contributed by atoms with Crippen LogP contribution in [-0.4, -0.2) is 24.6 Å². The van der Waals surface area contributed by atoms with E-state index < -0.39 is 6.10 Å². The lowest BCUT2D eigenvalue weighted by Gasteiger charge is -2.28. The van der Waals surface area contributed by atoms with E-state index in [-0.39, 0.29) is 6.04 Å². The summed E-state index contributed by atoms with van der Waals surface area (Å²) < 4.78 is 8.22. The van der Waals surface area contributed by atoms with E-state index >= 15 is 0 Å². The number of H-pyrrole nitrogens is 1. The van der Waals surface area contributed by atoms with Gasteiger partial charge in [0.2, 0.25) is 5.88 Å². The molecule has 0 aliphatic heterocycles. The van der Waals surface area contributed by atoms with Crippen molar-refractivity contribution in [2.75, 3.05) is 0 Å². The Hall–Kier alpha value is -3.61. The predicted octanol–water partition coefficient (Wildman–Crippen LogP) is 6.64. The Morgan fingerprint density at radius 2 is 2.03 bits per heavy atom. The van der Waals surface area contributed by atoms with Crippen molar-refractivity contribution < 1.29 is 9.84 Å². The van der Waals surface area contributed by atoms with Crippen LogP contribution in [0.1, 0.15) is 54.3 Å². The summed E-state index contributed by atoms with van der Waals surface area (Å²) in [6.07, 6.45) is 7.98. The third-order valence-corrected chi connectivity index (χ3v) is 7.20. The zero-order valence-electron chi connectivity index (χ0n) is 20.0. The van der Waals surface area contributed by atoms with E-state index in [2.05, 4.69) is 31.7 Å². The molecule has 2 atom stereocenters. The number of fused-ring (bicyclic) bond motifs is 2. The van der Waals surface area contributed by atoms with Gasteiger partial charge in [-0.05, 0) is 55.0 Å². The van der Waals surface area contributed by atoms with Gasteiger partial charge >= 0.3 is 0 Å². The molecule has 0 saturated heterocycles. The number of ether oxygens (including phenoxy) is 1. The van der Waals surface area contributed by atoms with E-state index in [0.717, 1.165) is 52.0 Å². The van der Waals surface area contributed by atoms with Crippen molar-refractivity contribution in [1.29, 1.82) is 0 Å². The first-order chi connectivity index (χ1) is 17.6. The van der Waals surface area contributed by atoms with Crippen molar-refractivity contribution in [1.82, 2.24) is 19.5 Å². The highest BCUT2D eigenvalue weighted by atomic mass is 35.5. The quantitative estimate of drug-likeness (QED) is 0.275. The number of aryl methyl sites for hydroxylation is 1. The summed E-state index contributed by atoms with van der Waals surface area (Å²) in [6.45, 7) is 2.20. The lowest BCUT2D eigenvalue weighted by molar-refractivity contribution is 0.195. The molecule has 0 fully saturated rings. The molecule has 1 aliphatic rings. The number of aromatic nitrogens is 4. The maximum atomic E-state index is 10.6. The normalized spacial score (nSPS) is 16.1. The van der Waals surface area contributed by atoms with Gasteiger partial charge in [-0.3, -0.25) is 0 Å². The first kappa shape index (κ1) is 22.8. The minimum atomic E-state index is -0.713. The van der Waals surface area contributed by atoms with Gasteiger partial charge in [0.1, 0.15) is 6.61 Å². The molecular weight excluding hydrogens is 472 g/mol. The summed E-state index contributed by atoms with van der Waals surface area (Å²) in [5, 5.41) is 12.4. The average Bonchev–Trinajstić information content (AvgIpc) is 3.51. The summed E-state index contributed by atoms with van der Waals surface area (Å²) in [7, 11) is 0. The van der Waals surface area contributed by atoms with Crippen LogP contribution in [-0.2, 0) is 13.0 Å². The second-order valence-corrected chi connectivity index (χ2v) is 9.79. The van der Waals surface area contributed by atoms with Crippen molar-refractivity contribution in [3.8, 4) is 17.1 Å². The number of imidazole rings is 1.